The van der Waals surface area contributed by atoms with E-state index in [0.717, 1.165) is 93.6 Å². The summed E-state index contributed by atoms with van der Waals surface area (Å²) in [6.45, 7) is 6.46. The number of nitrogens with zero attached hydrogens (tertiary/aromatic N) is 5. The zero-order chi connectivity index (χ0) is 34.3. The third kappa shape index (κ3) is 8.63. The van der Waals surface area contributed by atoms with E-state index in [4.69, 9.17) is 31.8 Å². The highest BCUT2D eigenvalue weighted by Gasteiger charge is 2.33. The summed E-state index contributed by atoms with van der Waals surface area (Å²) in [7, 11) is 0. The average molecular weight is 706 g/mol. The first-order chi connectivity index (χ1) is 23.8. The molecular weight excluding hydrogens is 663 g/mol. The standard InChI is InChI=1S/C36H43N5O6S2/c1-25-11-14-31-37-33(39-18-16-38(17-19-39)23-26-12-13-28-29(20-26)47-24-46-28)27(34(44)41(31)22-25)21-30-35(45)40(36(48)49-30)15-9-7-5-3-2-4-6-8-10-32(42)43/h11-14,20-22H,2-10,15-19,23-24H2,1H3,(H,42,43)/b30-21+. The van der Waals surface area contributed by atoms with Crippen LogP contribution in [-0.2, 0) is 16.1 Å². The second kappa shape index (κ2) is 16.2. The van der Waals surface area contributed by atoms with E-state index in [2.05, 4.69) is 15.9 Å². The summed E-state index contributed by atoms with van der Waals surface area (Å²) >= 11 is 6.87. The fourth-order valence-electron chi connectivity index (χ4n) is 6.46. The highest BCUT2D eigenvalue weighted by molar-refractivity contribution is 8.26. The van der Waals surface area contributed by atoms with E-state index in [-0.39, 0.29) is 24.7 Å². The minimum absolute atomic E-state index is 0.165. The number of piperazine rings is 1. The van der Waals surface area contributed by atoms with Crippen molar-refractivity contribution in [2.45, 2.75) is 71.3 Å². The third-order valence-electron chi connectivity index (χ3n) is 9.17. The number of carbonyl (C=O) groups excluding carboxylic acids is 1. The number of amides is 1. The molecule has 13 heteroatoms. The van der Waals surface area contributed by atoms with Gasteiger partial charge in [-0.1, -0.05) is 74.6 Å². The number of carboxylic acids is 1. The molecule has 0 spiro atoms. The van der Waals surface area contributed by atoms with Gasteiger partial charge in [-0.05, 0) is 55.2 Å². The predicted octanol–water partition coefficient (Wildman–Crippen LogP) is 5.85. The number of hydrogen-bond donors (Lipinski definition) is 1. The largest absolute Gasteiger partial charge is 0.481 e. The number of benzene rings is 1. The summed E-state index contributed by atoms with van der Waals surface area (Å²) < 4.78 is 13.1. The number of hydrogen-bond acceptors (Lipinski definition) is 10. The van der Waals surface area contributed by atoms with E-state index >= 15 is 0 Å². The Bertz CT molecular complexity index is 1800. The maximum absolute atomic E-state index is 14.0. The number of aromatic nitrogens is 2. The molecule has 1 aromatic carbocycles. The van der Waals surface area contributed by atoms with Gasteiger partial charge < -0.3 is 19.5 Å². The number of rotatable bonds is 15. The van der Waals surface area contributed by atoms with Crippen LogP contribution in [0.1, 0.15) is 74.5 Å². The number of carboxylic acid groups (broad SMARTS) is 1. The Balaban J connectivity index is 1.10. The number of unbranched alkanes of at least 4 members (excludes halogenated alkanes) is 7. The topological polar surface area (TPSA) is 117 Å². The van der Waals surface area contributed by atoms with Gasteiger partial charge in [0, 0.05) is 51.9 Å². The van der Waals surface area contributed by atoms with Crippen molar-refractivity contribution in [2.24, 2.45) is 0 Å². The first-order valence-corrected chi connectivity index (χ1v) is 18.4. The molecule has 2 fully saturated rings. The van der Waals surface area contributed by atoms with E-state index in [1.54, 1.807) is 21.6 Å². The van der Waals surface area contributed by atoms with Crippen molar-refractivity contribution < 1.29 is 24.2 Å². The molecule has 1 amide bonds. The maximum atomic E-state index is 14.0. The molecule has 0 radical (unpaired) electrons. The lowest BCUT2D eigenvalue weighted by molar-refractivity contribution is -0.137. The highest BCUT2D eigenvalue weighted by Crippen LogP contribution is 2.35. The fraction of sp³-hybridized carbons (Fsp3) is 0.472. The molecule has 11 nitrogen and oxygen atoms in total. The minimum Gasteiger partial charge on any atom is -0.481 e. The van der Waals surface area contributed by atoms with Crippen molar-refractivity contribution in [1.82, 2.24) is 19.2 Å². The molecule has 0 unspecified atom stereocenters. The van der Waals surface area contributed by atoms with Crippen molar-refractivity contribution >= 4 is 57.7 Å². The fourth-order valence-corrected chi connectivity index (χ4v) is 7.75. The maximum Gasteiger partial charge on any atom is 0.303 e. The van der Waals surface area contributed by atoms with Crippen LogP contribution in [0.15, 0.2) is 46.2 Å². The summed E-state index contributed by atoms with van der Waals surface area (Å²) in [5.41, 5.74) is 2.86. The SMILES string of the molecule is Cc1ccc2nc(N3CCN(Cc4ccc5c(c4)OCO5)CC3)c(/C=C3/SC(=S)N(CCCCCCCCCCC(=O)O)C3=O)c(=O)n2c1. The Morgan fingerprint density at radius 3 is 2.43 bits per heavy atom. The molecule has 0 atom stereocenters. The van der Waals surface area contributed by atoms with Crippen LogP contribution in [0.4, 0.5) is 5.82 Å². The van der Waals surface area contributed by atoms with Crippen LogP contribution >= 0.6 is 24.0 Å². The van der Waals surface area contributed by atoms with E-state index in [1.165, 1.54) is 11.8 Å². The molecule has 2 saturated heterocycles. The Hall–Kier alpha value is -3.94. The molecule has 49 heavy (non-hydrogen) atoms. The molecule has 2 aromatic heterocycles. The summed E-state index contributed by atoms with van der Waals surface area (Å²) in [5.74, 6) is 1.25. The van der Waals surface area contributed by atoms with E-state index in [0.29, 0.717) is 45.9 Å². The van der Waals surface area contributed by atoms with Crippen molar-refractivity contribution in [2.75, 3.05) is 44.4 Å². The second-order valence-corrected chi connectivity index (χ2v) is 14.5. The van der Waals surface area contributed by atoms with Gasteiger partial charge in [-0.25, -0.2) is 4.98 Å². The lowest BCUT2D eigenvalue weighted by atomic mass is 10.1. The number of aliphatic carboxylic acids is 1. The van der Waals surface area contributed by atoms with Crippen LogP contribution < -0.4 is 19.9 Å². The molecule has 260 valence electrons. The average Bonchev–Trinajstić information content (AvgIpc) is 3.66. The molecular formula is C36H43N5O6S2. The lowest BCUT2D eigenvalue weighted by Gasteiger charge is -2.36. The molecule has 3 aliphatic heterocycles. The Morgan fingerprint density at radius 1 is 0.959 bits per heavy atom. The number of thioether (sulfide) groups is 1. The second-order valence-electron chi connectivity index (χ2n) is 12.8. The van der Waals surface area contributed by atoms with Crippen LogP contribution in [0.2, 0.25) is 0 Å². The summed E-state index contributed by atoms with van der Waals surface area (Å²) in [4.78, 5) is 49.8. The monoisotopic (exact) mass is 705 g/mol. The van der Waals surface area contributed by atoms with E-state index in [9.17, 15) is 14.4 Å². The molecule has 6 rings (SSSR count). The van der Waals surface area contributed by atoms with Crippen molar-refractivity contribution in [3.8, 4) is 11.5 Å². The Kier molecular flexibility index (Phi) is 11.5. The van der Waals surface area contributed by atoms with Crippen LogP contribution in [0, 0.1) is 6.92 Å². The number of pyridine rings is 1. The van der Waals surface area contributed by atoms with Crippen LogP contribution in [0.5, 0.6) is 11.5 Å². The van der Waals surface area contributed by atoms with Crippen LogP contribution in [0.3, 0.4) is 0 Å². The van der Waals surface area contributed by atoms with Crippen molar-refractivity contribution in [1.29, 1.82) is 0 Å². The first kappa shape index (κ1) is 34.9. The summed E-state index contributed by atoms with van der Waals surface area (Å²) in [6, 6.07) is 9.86. The molecule has 0 aliphatic carbocycles. The quantitative estimate of drug-likeness (QED) is 0.117. The number of fused-ring (bicyclic) bond motifs is 2. The number of ether oxygens (including phenoxy) is 2. The number of carbonyl (C=O) groups is 2. The van der Waals surface area contributed by atoms with E-state index < -0.39 is 5.97 Å². The molecule has 1 N–H and O–H groups in total. The highest BCUT2D eigenvalue weighted by atomic mass is 32.2. The minimum atomic E-state index is -0.730. The van der Waals surface area contributed by atoms with Crippen LogP contribution in [0.25, 0.3) is 11.7 Å². The molecule has 3 aliphatic rings. The Labute approximate surface area is 295 Å². The van der Waals surface area contributed by atoms with Crippen molar-refractivity contribution in [3.05, 3.63) is 68.5 Å². The van der Waals surface area contributed by atoms with Gasteiger partial charge >= 0.3 is 5.97 Å². The number of aryl methyl sites for hydroxylation is 1. The van der Waals surface area contributed by atoms with Gasteiger partial charge in [0.05, 0.1) is 10.5 Å². The van der Waals surface area contributed by atoms with Gasteiger partial charge in [0.25, 0.3) is 11.5 Å². The lowest BCUT2D eigenvalue weighted by Crippen LogP contribution is -2.47. The zero-order valence-corrected chi connectivity index (χ0v) is 29.5. The molecule has 3 aromatic rings. The number of anilines is 1. The van der Waals surface area contributed by atoms with Gasteiger partial charge in [0.2, 0.25) is 6.79 Å². The van der Waals surface area contributed by atoms with Gasteiger partial charge in [-0.15, -0.1) is 0 Å². The summed E-state index contributed by atoms with van der Waals surface area (Å²) in [6.07, 6.45) is 11.6. The predicted molar refractivity (Wildman–Crippen MR) is 195 cm³/mol. The Morgan fingerprint density at radius 2 is 1.67 bits per heavy atom. The summed E-state index contributed by atoms with van der Waals surface area (Å²) in [5, 5.41) is 8.75. The van der Waals surface area contributed by atoms with Gasteiger partial charge in [0.15, 0.2) is 11.5 Å². The van der Waals surface area contributed by atoms with Crippen molar-refractivity contribution in [3.63, 3.8) is 0 Å². The van der Waals surface area contributed by atoms with Gasteiger partial charge in [-0.2, -0.15) is 0 Å². The molecule has 5 heterocycles. The number of thiocarbonyl (C=S) groups is 1. The zero-order valence-electron chi connectivity index (χ0n) is 27.9. The van der Waals surface area contributed by atoms with Gasteiger partial charge in [0.1, 0.15) is 15.8 Å². The van der Waals surface area contributed by atoms with Gasteiger partial charge in [-0.3, -0.25) is 28.6 Å². The molecule has 0 bridgehead atoms. The smallest absolute Gasteiger partial charge is 0.303 e. The normalized spacial score (nSPS) is 17.2. The van der Waals surface area contributed by atoms with Crippen LogP contribution in [-0.4, -0.2) is 80.0 Å². The molecule has 0 saturated carbocycles. The third-order valence-corrected chi connectivity index (χ3v) is 10.5. The van der Waals surface area contributed by atoms with E-state index in [1.807, 2.05) is 31.2 Å². The first-order valence-electron chi connectivity index (χ1n) is 17.1.